The molecule has 1 nitrogen and oxygen atoms in total. The van der Waals surface area contributed by atoms with Crippen LogP contribution in [0.25, 0.3) is 0 Å². The molecule has 0 aromatic heterocycles. The zero-order chi connectivity index (χ0) is 12.8. The Balaban J connectivity index is 1.80. The molecule has 0 unspecified atom stereocenters. The molecule has 0 aliphatic carbocycles. The minimum absolute atomic E-state index is 0.635. The SMILES string of the molecule is Clc1ccc(Br)cc1OCCSc1ccccc1. The Bertz CT molecular complexity index is 504. The van der Waals surface area contributed by atoms with Gasteiger partial charge < -0.3 is 4.74 Å². The lowest BCUT2D eigenvalue weighted by atomic mass is 10.3. The van der Waals surface area contributed by atoms with Gasteiger partial charge in [-0.05, 0) is 30.3 Å². The van der Waals surface area contributed by atoms with Crippen molar-refractivity contribution in [3.8, 4) is 5.75 Å². The smallest absolute Gasteiger partial charge is 0.139 e. The summed E-state index contributed by atoms with van der Waals surface area (Å²) >= 11 is 11.2. The molecule has 0 aliphatic heterocycles. The topological polar surface area (TPSA) is 9.23 Å². The molecule has 2 rings (SSSR count). The van der Waals surface area contributed by atoms with Crippen molar-refractivity contribution in [3.05, 3.63) is 58.0 Å². The van der Waals surface area contributed by atoms with Crippen molar-refractivity contribution in [3.63, 3.8) is 0 Å². The molecule has 4 heteroatoms. The van der Waals surface area contributed by atoms with Crippen LogP contribution in [0.1, 0.15) is 0 Å². The summed E-state index contributed by atoms with van der Waals surface area (Å²) in [6.07, 6.45) is 0. The number of thioether (sulfide) groups is 1. The van der Waals surface area contributed by atoms with E-state index in [9.17, 15) is 0 Å². The first-order valence-electron chi connectivity index (χ1n) is 5.51. The first kappa shape index (κ1) is 13.8. The van der Waals surface area contributed by atoms with Crippen LogP contribution in [0.5, 0.6) is 5.75 Å². The summed E-state index contributed by atoms with van der Waals surface area (Å²) in [6.45, 7) is 0.635. The molecule has 94 valence electrons. The maximum absolute atomic E-state index is 6.04. The van der Waals surface area contributed by atoms with Crippen molar-refractivity contribution in [1.82, 2.24) is 0 Å². The van der Waals surface area contributed by atoms with Crippen LogP contribution < -0.4 is 4.74 Å². The molecule has 18 heavy (non-hydrogen) atoms. The lowest BCUT2D eigenvalue weighted by Crippen LogP contribution is -2.00. The van der Waals surface area contributed by atoms with Crippen molar-refractivity contribution >= 4 is 39.3 Å². The van der Waals surface area contributed by atoms with Crippen LogP contribution in [0.2, 0.25) is 5.02 Å². The van der Waals surface area contributed by atoms with Gasteiger partial charge in [0.1, 0.15) is 5.75 Å². The van der Waals surface area contributed by atoms with Gasteiger partial charge in [0, 0.05) is 15.1 Å². The van der Waals surface area contributed by atoms with E-state index in [4.69, 9.17) is 16.3 Å². The Hall–Kier alpha value is -0.640. The molecule has 0 atom stereocenters. The van der Waals surface area contributed by atoms with Crippen molar-refractivity contribution < 1.29 is 4.74 Å². The summed E-state index contributed by atoms with van der Waals surface area (Å²) in [6, 6.07) is 15.9. The normalized spacial score (nSPS) is 10.3. The second-order valence-electron chi connectivity index (χ2n) is 3.58. The second-order valence-corrected chi connectivity index (χ2v) is 6.08. The summed E-state index contributed by atoms with van der Waals surface area (Å²) in [5.41, 5.74) is 0. The average Bonchev–Trinajstić information content (AvgIpc) is 2.40. The van der Waals surface area contributed by atoms with Crippen molar-refractivity contribution in [2.45, 2.75) is 4.90 Å². The molecule has 0 aliphatic rings. The summed E-state index contributed by atoms with van der Waals surface area (Å²) in [4.78, 5) is 1.25. The number of halogens is 2. The highest BCUT2D eigenvalue weighted by Gasteiger charge is 2.02. The molecule has 0 spiro atoms. The summed E-state index contributed by atoms with van der Waals surface area (Å²) in [5.74, 6) is 1.62. The maximum Gasteiger partial charge on any atom is 0.139 e. The molecule has 0 saturated heterocycles. The lowest BCUT2D eigenvalue weighted by Gasteiger charge is -2.08. The minimum atomic E-state index is 0.635. The Morgan fingerprint density at radius 1 is 1.11 bits per heavy atom. The number of hydrogen-bond donors (Lipinski definition) is 0. The van der Waals surface area contributed by atoms with Gasteiger partial charge in [-0.3, -0.25) is 0 Å². The monoisotopic (exact) mass is 342 g/mol. The Labute approximate surface area is 125 Å². The van der Waals surface area contributed by atoms with Crippen molar-refractivity contribution in [2.75, 3.05) is 12.4 Å². The predicted molar refractivity (Wildman–Crippen MR) is 81.8 cm³/mol. The molecule has 0 amide bonds. The van der Waals surface area contributed by atoms with Crippen LogP contribution in [0.3, 0.4) is 0 Å². The van der Waals surface area contributed by atoms with E-state index in [1.54, 1.807) is 11.8 Å². The maximum atomic E-state index is 6.04. The Morgan fingerprint density at radius 3 is 2.67 bits per heavy atom. The Morgan fingerprint density at radius 2 is 1.89 bits per heavy atom. The molecule has 0 fully saturated rings. The third-order valence-corrected chi connectivity index (χ3v) is 4.03. The average molecular weight is 344 g/mol. The van der Waals surface area contributed by atoms with Gasteiger partial charge in [0.15, 0.2) is 0 Å². The van der Waals surface area contributed by atoms with E-state index in [0.717, 1.165) is 16.0 Å². The van der Waals surface area contributed by atoms with E-state index in [2.05, 4.69) is 28.1 Å². The van der Waals surface area contributed by atoms with E-state index in [0.29, 0.717) is 11.6 Å². The van der Waals surface area contributed by atoms with Gasteiger partial charge in [0.05, 0.1) is 11.6 Å². The van der Waals surface area contributed by atoms with E-state index < -0.39 is 0 Å². The van der Waals surface area contributed by atoms with Crippen molar-refractivity contribution in [1.29, 1.82) is 0 Å². The van der Waals surface area contributed by atoms with Gasteiger partial charge >= 0.3 is 0 Å². The van der Waals surface area contributed by atoms with Crippen LogP contribution in [0.15, 0.2) is 57.9 Å². The molecule has 2 aromatic rings. The predicted octanol–water partition coefficient (Wildman–Crippen LogP) is 5.27. The second kappa shape index (κ2) is 7.07. The molecule has 0 heterocycles. The number of benzene rings is 2. The number of ether oxygens (including phenoxy) is 1. The fraction of sp³-hybridized carbons (Fsp3) is 0.143. The van der Waals surface area contributed by atoms with Gasteiger partial charge in [-0.2, -0.15) is 0 Å². The number of rotatable bonds is 5. The van der Waals surface area contributed by atoms with Gasteiger partial charge in [0.25, 0.3) is 0 Å². The summed E-state index contributed by atoms with van der Waals surface area (Å²) in [7, 11) is 0. The minimum Gasteiger partial charge on any atom is -0.491 e. The molecule has 0 bridgehead atoms. The molecule has 0 N–H and O–H groups in total. The van der Waals surface area contributed by atoms with Gasteiger partial charge in [-0.15, -0.1) is 11.8 Å². The van der Waals surface area contributed by atoms with E-state index in [1.165, 1.54) is 4.90 Å². The summed E-state index contributed by atoms with van der Waals surface area (Å²) < 4.78 is 6.63. The highest BCUT2D eigenvalue weighted by molar-refractivity contribution is 9.10. The van der Waals surface area contributed by atoms with Crippen LogP contribution in [0, 0.1) is 0 Å². The van der Waals surface area contributed by atoms with Gasteiger partial charge in [0.2, 0.25) is 0 Å². The van der Waals surface area contributed by atoms with Crippen LogP contribution >= 0.6 is 39.3 Å². The lowest BCUT2D eigenvalue weighted by molar-refractivity contribution is 0.344. The third kappa shape index (κ3) is 4.23. The van der Waals surface area contributed by atoms with Crippen molar-refractivity contribution in [2.24, 2.45) is 0 Å². The fourth-order valence-corrected chi connectivity index (χ4v) is 2.68. The first-order chi connectivity index (χ1) is 8.75. The zero-order valence-corrected chi connectivity index (χ0v) is 12.8. The molecular weight excluding hydrogens is 332 g/mol. The van der Waals surface area contributed by atoms with Crippen LogP contribution in [0.4, 0.5) is 0 Å². The largest absolute Gasteiger partial charge is 0.491 e. The highest BCUT2D eigenvalue weighted by atomic mass is 79.9. The molecule has 2 aromatic carbocycles. The standard InChI is InChI=1S/C14H12BrClOS/c15-11-6-7-13(16)14(10-11)17-8-9-18-12-4-2-1-3-5-12/h1-7,10H,8-9H2. The zero-order valence-electron chi connectivity index (χ0n) is 9.61. The van der Waals surface area contributed by atoms with E-state index in [-0.39, 0.29) is 0 Å². The fourth-order valence-electron chi connectivity index (χ4n) is 1.42. The first-order valence-corrected chi connectivity index (χ1v) is 7.67. The van der Waals surface area contributed by atoms with Crippen LogP contribution in [-0.4, -0.2) is 12.4 Å². The summed E-state index contributed by atoms with van der Waals surface area (Å²) in [5, 5.41) is 0.642. The Kier molecular flexibility index (Phi) is 5.42. The highest BCUT2D eigenvalue weighted by Crippen LogP contribution is 2.28. The van der Waals surface area contributed by atoms with Gasteiger partial charge in [-0.25, -0.2) is 0 Å². The van der Waals surface area contributed by atoms with Crippen LogP contribution in [-0.2, 0) is 0 Å². The molecule has 0 radical (unpaired) electrons. The van der Waals surface area contributed by atoms with E-state index >= 15 is 0 Å². The third-order valence-electron chi connectivity index (χ3n) is 2.25. The number of hydrogen-bond acceptors (Lipinski definition) is 2. The van der Waals surface area contributed by atoms with Gasteiger partial charge in [-0.1, -0.05) is 45.7 Å². The van der Waals surface area contributed by atoms with E-state index in [1.807, 2.05) is 36.4 Å². The molecule has 0 saturated carbocycles. The quantitative estimate of drug-likeness (QED) is 0.540. The molecular formula is C14H12BrClOS.